The van der Waals surface area contributed by atoms with Gasteiger partial charge in [0.15, 0.2) is 0 Å². The molecule has 0 saturated heterocycles. The van der Waals surface area contributed by atoms with E-state index in [0.717, 1.165) is 38.1 Å². The minimum Gasteiger partial charge on any atom is -0.455 e. The number of furan rings is 1. The summed E-state index contributed by atoms with van der Waals surface area (Å²) in [6.07, 6.45) is 0. The van der Waals surface area contributed by atoms with Crippen LogP contribution in [0.2, 0.25) is 0 Å². The Bertz CT molecular complexity index is 3220. The topological polar surface area (TPSA) is 13.1 Å². The number of fused-ring (bicyclic) bond motifs is 8. The fraction of sp³-hybridized carbons (Fsp3) is 0. The first-order chi connectivity index (χ1) is 26.7. The predicted octanol–water partition coefficient (Wildman–Crippen LogP) is 13.2. The Hall–Kier alpha value is -6.18. The van der Waals surface area contributed by atoms with E-state index in [4.69, 9.17) is 9.90 Å². The molecule has 1 heterocycles. The summed E-state index contributed by atoms with van der Waals surface area (Å²) in [6, 6.07) is 35.9. The van der Waals surface area contributed by atoms with Gasteiger partial charge in [0.25, 0.3) is 0 Å². The highest BCUT2D eigenvalue weighted by molar-refractivity contribution is 6.27. The van der Waals surface area contributed by atoms with Crippen LogP contribution in [0.5, 0.6) is 0 Å². The van der Waals surface area contributed by atoms with Gasteiger partial charge in [-0.25, -0.2) is 0 Å². The zero-order valence-electron chi connectivity index (χ0n) is 33.0. The summed E-state index contributed by atoms with van der Waals surface area (Å²) in [6.45, 7) is 0. The first-order valence-electron chi connectivity index (χ1n) is 19.5. The highest BCUT2D eigenvalue weighted by Gasteiger charge is 2.22. The molecular formula is C46H28O. The third-order valence-electron chi connectivity index (χ3n) is 9.31. The molecule has 0 amide bonds. The van der Waals surface area contributed by atoms with E-state index in [-0.39, 0.29) is 51.3 Å². The minimum atomic E-state index is -0.442. The first kappa shape index (κ1) is 19.4. The SMILES string of the molecule is [2H]c1c([2H])c([2H])c2c(-c3cccc4oc5c6ccccc6ccc5c34)c3c([2H])c([2H])c([2H])c([2H])c3c(-c3ccccc3-c3cccc4ccccc34)c2c1[2H]. The molecule has 0 aliphatic carbocycles. The summed E-state index contributed by atoms with van der Waals surface area (Å²) >= 11 is 0. The molecule has 218 valence electrons. The van der Waals surface area contributed by atoms with Crippen LogP contribution >= 0.6 is 0 Å². The van der Waals surface area contributed by atoms with Crippen molar-refractivity contribution >= 4 is 65.0 Å². The summed E-state index contributed by atoms with van der Waals surface area (Å²) in [4.78, 5) is 0. The van der Waals surface area contributed by atoms with Gasteiger partial charge in [-0.3, -0.25) is 0 Å². The van der Waals surface area contributed by atoms with Crippen molar-refractivity contribution in [2.24, 2.45) is 0 Å². The number of benzene rings is 9. The summed E-state index contributed by atoms with van der Waals surface area (Å²) < 4.78 is 80.4. The molecule has 1 heteroatoms. The normalized spacial score (nSPS) is 14.2. The molecule has 0 aliphatic rings. The molecule has 0 aliphatic heterocycles. The van der Waals surface area contributed by atoms with Crippen LogP contribution < -0.4 is 0 Å². The van der Waals surface area contributed by atoms with Gasteiger partial charge >= 0.3 is 0 Å². The Balaban J connectivity index is 1.47. The fourth-order valence-electron chi connectivity index (χ4n) is 7.32. The average molecular weight is 605 g/mol. The van der Waals surface area contributed by atoms with Crippen molar-refractivity contribution in [3.8, 4) is 33.4 Å². The molecule has 0 radical (unpaired) electrons. The summed E-state index contributed by atoms with van der Waals surface area (Å²) in [7, 11) is 0. The molecule has 1 aromatic heterocycles. The van der Waals surface area contributed by atoms with Gasteiger partial charge in [-0.05, 0) is 83.2 Å². The quantitative estimate of drug-likeness (QED) is 0.183. The molecule has 0 bridgehead atoms. The molecule has 0 unspecified atom stereocenters. The Morgan fingerprint density at radius 3 is 1.60 bits per heavy atom. The zero-order chi connectivity index (χ0) is 37.9. The Labute approximate surface area is 283 Å². The number of hydrogen-bond donors (Lipinski definition) is 0. The van der Waals surface area contributed by atoms with Gasteiger partial charge in [0.2, 0.25) is 0 Å². The second kappa shape index (κ2) is 10.2. The second-order valence-corrected chi connectivity index (χ2v) is 11.8. The predicted molar refractivity (Wildman–Crippen MR) is 200 cm³/mol. The molecule has 0 spiro atoms. The molecule has 1 nitrogen and oxygen atoms in total. The molecule has 10 aromatic rings. The third kappa shape index (κ3) is 3.84. The van der Waals surface area contributed by atoms with E-state index in [2.05, 4.69) is 0 Å². The van der Waals surface area contributed by atoms with Crippen molar-refractivity contribution in [3.63, 3.8) is 0 Å². The lowest BCUT2D eigenvalue weighted by atomic mass is 9.82. The van der Waals surface area contributed by atoms with E-state index in [9.17, 15) is 5.48 Å². The average Bonchev–Trinajstić information content (AvgIpc) is 3.62. The van der Waals surface area contributed by atoms with Crippen LogP contribution in [0.25, 0.3) is 98.4 Å². The van der Waals surface area contributed by atoms with Crippen LogP contribution in [0.1, 0.15) is 11.0 Å². The molecule has 0 atom stereocenters. The van der Waals surface area contributed by atoms with E-state index in [1.807, 2.05) is 115 Å². The van der Waals surface area contributed by atoms with E-state index in [0.29, 0.717) is 33.2 Å². The van der Waals surface area contributed by atoms with Gasteiger partial charge in [0, 0.05) is 16.2 Å². The molecular weight excluding hydrogens is 569 g/mol. The highest BCUT2D eigenvalue weighted by atomic mass is 16.3. The lowest BCUT2D eigenvalue weighted by Crippen LogP contribution is -1.93. The van der Waals surface area contributed by atoms with Crippen molar-refractivity contribution in [1.29, 1.82) is 0 Å². The minimum absolute atomic E-state index is 0.161. The van der Waals surface area contributed by atoms with Crippen LogP contribution in [0.4, 0.5) is 0 Å². The number of rotatable bonds is 3. The van der Waals surface area contributed by atoms with Crippen LogP contribution in [-0.4, -0.2) is 0 Å². The Morgan fingerprint density at radius 2 is 0.872 bits per heavy atom. The van der Waals surface area contributed by atoms with Crippen molar-refractivity contribution in [2.45, 2.75) is 0 Å². The van der Waals surface area contributed by atoms with Crippen LogP contribution in [0.15, 0.2) is 174 Å². The van der Waals surface area contributed by atoms with Gasteiger partial charge in [0.05, 0.1) is 11.0 Å². The number of hydrogen-bond acceptors (Lipinski definition) is 1. The van der Waals surface area contributed by atoms with E-state index in [1.54, 1.807) is 6.07 Å². The highest BCUT2D eigenvalue weighted by Crippen LogP contribution is 2.49. The van der Waals surface area contributed by atoms with Gasteiger partial charge in [-0.2, -0.15) is 0 Å². The Morgan fingerprint density at radius 1 is 0.362 bits per heavy atom. The van der Waals surface area contributed by atoms with Crippen molar-refractivity contribution in [1.82, 2.24) is 0 Å². The largest absolute Gasteiger partial charge is 0.455 e. The molecule has 47 heavy (non-hydrogen) atoms. The van der Waals surface area contributed by atoms with Gasteiger partial charge in [-0.1, -0.05) is 158 Å². The van der Waals surface area contributed by atoms with Crippen molar-refractivity contribution in [2.75, 3.05) is 0 Å². The van der Waals surface area contributed by atoms with E-state index < -0.39 is 24.2 Å². The van der Waals surface area contributed by atoms with Gasteiger partial charge in [-0.15, -0.1) is 0 Å². The van der Waals surface area contributed by atoms with Crippen molar-refractivity contribution in [3.05, 3.63) is 170 Å². The molecule has 9 aromatic carbocycles. The van der Waals surface area contributed by atoms with Gasteiger partial charge in [0.1, 0.15) is 11.2 Å². The van der Waals surface area contributed by atoms with E-state index in [1.165, 1.54) is 0 Å². The standard InChI is InChI=1S/C46H28O/c1-3-16-31-29(13-1)15-11-24-33(31)34-18-5-6-19-35(34)43-36-20-7-9-22-38(36)44(39-23-10-8-21-37(39)43)40-25-12-26-42-45(40)41-28-27-30-14-2-4-17-32(30)46(41)47-42/h1-28H/i7D,8D,9D,10D,20D,21D,22D,23D. The summed E-state index contributed by atoms with van der Waals surface area (Å²) in [5.74, 6) is 0. The van der Waals surface area contributed by atoms with Crippen molar-refractivity contribution < 1.29 is 15.4 Å². The molecule has 10 rings (SSSR count). The van der Waals surface area contributed by atoms with Crippen LogP contribution in [0, 0.1) is 0 Å². The summed E-state index contributed by atoms with van der Waals surface area (Å²) in [5.41, 5.74) is 4.53. The Kier molecular flexibility index (Phi) is 4.19. The van der Waals surface area contributed by atoms with Gasteiger partial charge < -0.3 is 4.42 Å². The maximum absolute atomic E-state index is 9.53. The lowest BCUT2D eigenvalue weighted by Gasteiger charge is -2.20. The first-order valence-corrected chi connectivity index (χ1v) is 15.5. The molecule has 0 saturated carbocycles. The van der Waals surface area contributed by atoms with E-state index >= 15 is 0 Å². The van der Waals surface area contributed by atoms with Crippen LogP contribution in [-0.2, 0) is 0 Å². The molecule has 0 N–H and O–H groups in total. The maximum atomic E-state index is 9.53. The summed E-state index contributed by atoms with van der Waals surface area (Å²) in [5, 5.41) is 5.98. The smallest absolute Gasteiger partial charge is 0.143 e. The molecule has 0 fully saturated rings. The monoisotopic (exact) mass is 604 g/mol. The zero-order valence-corrected chi connectivity index (χ0v) is 25.0. The second-order valence-electron chi connectivity index (χ2n) is 11.8. The van der Waals surface area contributed by atoms with Crippen LogP contribution in [0.3, 0.4) is 0 Å². The fourth-order valence-corrected chi connectivity index (χ4v) is 7.32. The maximum Gasteiger partial charge on any atom is 0.143 e. The third-order valence-corrected chi connectivity index (χ3v) is 9.31. The lowest BCUT2D eigenvalue weighted by molar-refractivity contribution is 0.673.